The van der Waals surface area contributed by atoms with Gasteiger partial charge in [-0.2, -0.15) is 0 Å². The lowest BCUT2D eigenvalue weighted by Crippen LogP contribution is -2.50. The van der Waals surface area contributed by atoms with Crippen LogP contribution in [0.1, 0.15) is 65.4 Å². The van der Waals surface area contributed by atoms with Gasteiger partial charge in [0, 0.05) is 30.1 Å². The number of carbonyl (C=O) groups is 2. The molecule has 1 aliphatic carbocycles. The first kappa shape index (κ1) is 21.1. The second-order valence-corrected chi connectivity index (χ2v) is 9.37. The minimum Gasteiger partial charge on any atom is -0.383 e. The quantitative estimate of drug-likeness (QED) is 0.746. The summed E-state index contributed by atoms with van der Waals surface area (Å²) in [5.74, 6) is 0.0436. The molecule has 6 heteroatoms. The Morgan fingerprint density at radius 1 is 1.20 bits per heavy atom. The maximum atomic E-state index is 13.7. The Labute approximate surface area is 182 Å². The van der Waals surface area contributed by atoms with Crippen LogP contribution in [0.4, 0.5) is 0 Å². The van der Waals surface area contributed by atoms with Crippen LogP contribution < -0.4 is 5.32 Å². The van der Waals surface area contributed by atoms with Crippen LogP contribution in [0.25, 0.3) is 0 Å². The summed E-state index contributed by atoms with van der Waals surface area (Å²) in [6.07, 6.45) is 4.57. The molecule has 5 nitrogen and oxygen atoms in total. The molecule has 2 amide bonds. The van der Waals surface area contributed by atoms with Crippen molar-refractivity contribution in [3.8, 4) is 0 Å². The third-order valence-corrected chi connectivity index (χ3v) is 7.47. The summed E-state index contributed by atoms with van der Waals surface area (Å²) in [5.41, 5.74) is 1.45. The molecule has 1 aliphatic heterocycles. The summed E-state index contributed by atoms with van der Waals surface area (Å²) in [6.45, 7) is 3.11. The van der Waals surface area contributed by atoms with Crippen molar-refractivity contribution in [1.82, 2.24) is 10.2 Å². The predicted molar refractivity (Wildman–Crippen MR) is 119 cm³/mol. The van der Waals surface area contributed by atoms with E-state index in [9.17, 15) is 9.59 Å². The summed E-state index contributed by atoms with van der Waals surface area (Å²) in [4.78, 5) is 30.0. The average Bonchev–Trinajstić information content (AvgIpc) is 3.29. The van der Waals surface area contributed by atoms with E-state index in [0.717, 1.165) is 29.7 Å². The molecule has 1 aromatic carbocycles. The van der Waals surface area contributed by atoms with Gasteiger partial charge in [0.2, 0.25) is 5.91 Å². The second-order valence-electron chi connectivity index (χ2n) is 8.39. The van der Waals surface area contributed by atoms with Gasteiger partial charge in [-0.25, -0.2) is 0 Å². The molecular formula is C24H30N2O3S. The maximum Gasteiger partial charge on any atom is 0.254 e. The standard InChI is InChI=1S/C24H30N2O3S/c1-16-8-3-6-11-19(16)25-23(27)21-17-9-4-5-10-18(17)24(28)26(13-14-29-2)22(21)20-12-7-15-30-20/h4-5,7,9-10,12,15-16,19,21-22H,3,6,8,11,13-14H2,1-2H3,(H,25,27)/t16-,19-,21+,22+/m1/s1. The number of rotatable bonds is 6. The fraction of sp³-hybridized carbons (Fsp3) is 0.500. The fourth-order valence-electron chi connectivity index (χ4n) is 4.89. The monoisotopic (exact) mass is 426 g/mol. The molecular weight excluding hydrogens is 396 g/mol. The molecule has 160 valence electrons. The van der Waals surface area contributed by atoms with E-state index in [1.807, 2.05) is 46.7 Å². The summed E-state index contributed by atoms with van der Waals surface area (Å²) in [6, 6.07) is 11.5. The van der Waals surface area contributed by atoms with Crippen LogP contribution >= 0.6 is 11.3 Å². The number of hydrogen-bond donors (Lipinski definition) is 1. The van der Waals surface area contributed by atoms with Crippen LogP contribution in [0.5, 0.6) is 0 Å². The minimum atomic E-state index is -0.427. The highest BCUT2D eigenvalue weighted by Gasteiger charge is 2.45. The average molecular weight is 427 g/mol. The number of methoxy groups -OCH3 is 1. The predicted octanol–water partition coefficient (Wildman–Crippen LogP) is 4.37. The SMILES string of the molecule is COCCN1C(=O)c2ccccc2[C@H](C(=O)N[C@@H]2CCCC[C@H]2C)[C@@H]1c1cccs1. The number of thiophene rings is 1. The first-order valence-electron chi connectivity index (χ1n) is 10.8. The van der Waals surface area contributed by atoms with E-state index in [0.29, 0.717) is 24.6 Å². The summed E-state index contributed by atoms with van der Waals surface area (Å²) >= 11 is 1.60. The first-order valence-corrected chi connectivity index (χ1v) is 11.7. The number of amides is 2. The third kappa shape index (κ3) is 4.03. The van der Waals surface area contributed by atoms with Gasteiger partial charge in [0.05, 0.1) is 18.6 Å². The van der Waals surface area contributed by atoms with Crippen molar-refractivity contribution in [3.63, 3.8) is 0 Å². The van der Waals surface area contributed by atoms with Gasteiger partial charge in [0.1, 0.15) is 0 Å². The molecule has 1 aromatic heterocycles. The minimum absolute atomic E-state index is 0.0227. The fourth-order valence-corrected chi connectivity index (χ4v) is 5.76. The molecule has 2 heterocycles. The third-order valence-electron chi connectivity index (χ3n) is 6.53. The van der Waals surface area contributed by atoms with Gasteiger partial charge in [-0.05, 0) is 41.8 Å². The number of hydrogen-bond acceptors (Lipinski definition) is 4. The highest BCUT2D eigenvalue weighted by molar-refractivity contribution is 7.10. The van der Waals surface area contributed by atoms with E-state index >= 15 is 0 Å². The Balaban J connectivity index is 1.74. The van der Waals surface area contributed by atoms with Crippen LogP contribution in [0.3, 0.4) is 0 Å². The summed E-state index contributed by atoms with van der Waals surface area (Å²) < 4.78 is 5.29. The molecule has 0 saturated heterocycles. The smallest absolute Gasteiger partial charge is 0.254 e. The maximum absolute atomic E-state index is 13.7. The normalized spacial score (nSPS) is 26.3. The second kappa shape index (κ2) is 9.31. The van der Waals surface area contributed by atoms with E-state index in [1.165, 1.54) is 6.42 Å². The van der Waals surface area contributed by atoms with Crippen molar-refractivity contribution in [2.24, 2.45) is 5.92 Å². The molecule has 0 radical (unpaired) electrons. The molecule has 2 aliphatic rings. The number of benzene rings is 1. The Hall–Kier alpha value is -2.18. The Bertz CT molecular complexity index is 882. The number of nitrogens with zero attached hydrogens (tertiary/aromatic N) is 1. The molecule has 1 saturated carbocycles. The van der Waals surface area contributed by atoms with E-state index in [-0.39, 0.29) is 23.9 Å². The van der Waals surface area contributed by atoms with Gasteiger partial charge in [-0.3, -0.25) is 9.59 Å². The molecule has 1 N–H and O–H groups in total. The molecule has 30 heavy (non-hydrogen) atoms. The van der Waals surface area contributed by atoms with Crippen molar-refractivity contribution in [1.29, 1.82) is 0 Å². The van der Waals surface area contributed by atoms with Crippen molar-refractivity contribution in [2.45, 2.75) is 50.6 Å². The van der Waals surface area contributed by atoms with Gasteiger partial charge in [-0.15, -0.1) is 11.3 Å². The number of fused-ring (bicyclic) bond motifs is 1. The van der Waals surface area contributed by atoms with Crippen LogP contribution in [0.2, 0.25) is 0 Å². The lowest BCUT2D eigenvalue weighted by Gasteiger charge is -2.42. The van der Waals surface area contributed by atoms with Crippen molar-refractivity contribution in [3.05, 3.63) is 57.8 Å². The Morgan fingerprint density at radius 3 is 2.73 bits per heavy atom. The van der Waals surface area contributed by atoms with Gasteiger partial charge >= 0.3 is 0 Å². The van der Waals surface area contributed by atoms with Crippen LogP contribution in [0.15, 0.2) is 41.8 Å². The lowest BCUT2D eigenvalue weighted by atomic mass is 9.80. The molecule has 4 atom stereocenters. The zero-order valence-corrected chi connectivity index (χ0v) is 18.5. The Morgan fingerprint density at radius 2 is 2.00 bits per heavy atom. The van der Waals surface area contributed by atoms with Gasteiger partial charge in [-0.1, -0.05) is 44.0 Å². The zero-order chi connectivity index (χ0) is 21.1. The van der Waals surface area contributed by atoms with Gasteiger partial charge in [0.25, 0.3) is 5.91 Å². The molecule has 4 rings (SSSR count). The summed E-state index contributed by atoms with van der Waals surface area (Å²) in [5, 5.41) is 5.37. The first-order chi connectivity index (χ1) is 14.6. The molecule has 2 aromatic rings. The van der Waals surface area contributed by atoms with Crippen molar-refractivity contribution >= 4 is 23.2 Å². The highest BCUT2D eigenvalue weighted by atomic mass is 32.1. The van der Waals surface area contributed by atoms with E-state index in [2.05, 4.69) is 12.2 Å². The molecule has 0 spiro atoms. The molecule has 0 unspecified atom stereocenters. The Kier molecular flexibility index (Phi) is 6.54. The summed E-state index contributed by atoms with van der Waals surface area (Å²) in [7, 11) is 1.64. The number of carbonyl (C=O) groups excluding carboxylic acids is 2. The molecule has 1 fully saturated rings. The number of nitrogens with one attached hydrogen (secondary N) is 1. The van der Waals surface area contributed by atoms with Crippen LogP contribution in [-0.4, -0.2) is 43.0 Å². The zero-order valence-electron chi connectivity index (χ0n) is 17.7. The largest absolute Gasteiger partial charge is 0.383 e. The van der Waals surface area contributed by atoms with Crippen molar-refractivity contribution in [2.75, 3.05) is 20.3 Å². The van der Waals surface area contributed by atoms with Crippen molar-refractivity contribution < 1.29 is 14.3 Å². The van der Waals surface area contributed by atoms with Crippen LogP contribution in [0, 0.1) is 5.92 Å². The van der Waals surface area contributed by atoms with Gasteiger partial charge < -0.3 is 15.0 Å². The molecule has 0 bridgehead atoms. The van der Waals surface area contributed by atoms with E-state index < -0.39 is 5.92 Å². The van der Waals surface area contributed by atoms with Gasteiger partial charge in [0.15, 0.2) is 0 Å². The van der Waals surface area contributed by atoms with E-state index in [4.69, 9.17) is 4.74 Å². The topological polar surface area (TPSA) is 58.6 Å². The number of ether oxygens (including phenoxy) is 1. The lowest BCUT2D eigenvalue weighted by molar-refractivity contribution is -0.125. The highest BCUT2D eigenvalue weighted by Crippen LogP contribution is 2.44. The van der Waals surface area contributed by atoms with E-state index in [1.54, 1.807) is 18.4 Å². The van der Waals surface area contributed by atoms with Crippen LogP contribution in [-0.2, 0) is 9.53 Å².